The molecule has 0 fully saturated rings. The van der Waals surface area contributed by atoms with Crippen molar-refractivity contribution in [2.75, 3.05) is 6.26 Å². The largest absolute Gasteiger partial charge is 0.534 e. The molecule has 0 bridgehead atoms. The third-order valence-corrected chi connectivity index (χ3v) is 6.35. The van der Waals surface area contributed by atoms with Crippen LogP contribution in [0.25, 0.3) is 16.6 Å². The summed E-state index contributed by atoms with van der Waals surface area (Å²) in [6, 6.07) is 10.6. The van der Waals surface area contributed by atoms with Gasteiger partial charge in [0.05, 0.1) is 17.1 Å². The molecule has 0 aliphatic rings. The van der Waals surface area contributed by atoms with E-state index in [-0.39, 0.29) is 22.2 Å². The van der Waals surface area contributed by atoms with Gasteiger partial charge in [-0.1, -0.05) is 19.1 Å². The van der Waals surface area contributed by atoms with Crippen LogP contribution < -0.4 is 4.18 Å². The molecule has 13 heteroatoms. The smallest absolute Gasteiger partial charge is 0.352 e. The Kier molecular flexibility index (Phi) is 5.49. The van der Waals surface area contributed by atoms with Gasteiger partial charge in [0.1, 0.15) is 4.90 Å². The molecule has 31 heavy (non-hydrogen) atoms. The fourth-order valence-electron chi connectivity index (χ4n) is 2.98. The summed E-state index contributed by atoms with van der Waals surface area (Å²) in [5.74, 6) is -1.24. The Bertz CT molecular complexity index is 1440. The molecule has 0 atom stereocenters. The van der Waals surface area contributed by atoms with E-state index in [9.17, 15) is 35.3 Å². The van der Waals surface area contributed by atoms with Crippen molar-refractivity contribution < 1.29 is 34.2 Å². The summed E-state index contributed by atoms with van der Waals surface area (Å²) in [4.78, 5) is -0.844. The molecule has 0 saturated carbocycles. The average molecular weight is 473 g/mol. The first-order chi connectivity index (χ1) is 14.3. The summed E-state index contributed by atoms with van der Waals surface area (Å²) < 4.78 is 92.6. The van der Waals surface area contributed by atoms with Crippen LogP contribution in [-0.4, -0.2) is 38.2 Å². The first kappa shape index (κ1) is 22.6. The number of aromatic nitrogens is 2. The number of halogens is 3. The normalized spacial score (nSPS) is 12.6. The van der Waals surface area contributed by atoms with E-state index in [1.807, 2.05) is 6.07 Å². The van der Waals surface area contributed by atoms with Gasteiger partial charge in [-0.3, -0.25) is 0 Å². The molecule has 0 N–H and O–H groups in total. The Balaban J connectivity index is 2.51. The second kappa shape index (κ2) is 7.54. The number of benzene rings is 1. The van der Waals surface area contributed by atoms with E-state index in [0.717, 1.165) is 4.52 Å². The maximum atomic E-state index is 12.9. The Morgan fingerprint density at radius 3 is 2.39 bits per heavy atom. The molecule has 0 amide bonds. The van der Waals surface area contributed by atoms with E-state index < -0.39 is 36.2 Å². The van der Waals surface area contributed by atoms with Crippen molar-refractivity contribution in [1.82, 2.24) is 9.61 Å². The van der Waals surface area contributed by atoms with Crippen molar-refractivity contribution in [3.8, 4) is 23.1 Å². The Labute approximate surface area is 175 Å². The van der Waals surface area contributed by atoms with E-state index in [1.54, 1.807) is 13.0 Å². The number of hydrogen-bond donors (Lipinski definition) is 0. The minimum atomic E-state index is -6.21. The molecule has 0 spiro atoms. The zero-order valence-corrected chi connectivity index (χ0v) is 17.6. The molecular weight excluding hydrogens is 459 g/mol. The molecule has 0 unspecified atom stereocenters. The lowest BCUT2D eigenvalue weighted by atomic mass is 10.0. The highest BCUT2D eigenvalue weighted by Crippen LogP contribution is 2.39. The monoisotopic (exact) mass is 473 g/mol. The summed E-state index contributed by atoms with van der Waals surface area (Å²) in [5.41, 5.74) is -4.99. The zero-order valence-electron chi connectivity index (χ0n) is 16.0. The first-order valence-electron chi connectivity index (χ1n) is 8.56. The molecule has 0 radical (unpaired) electrons. The van der Waals surface area contributed by atoms with Gasteiger partial charge in [0.15, 0.2) is 9.84 Å². The van der Waals surface area contributed by atoms with Crippen LogP contribution in [0.2, 0.25) is 0 Å². The van der Waals surface area contributed by atoms with Crippen LogP contribution in [0.15, 0.2) is 41.3 Å². The highest BCUT2D eigenvalue weighted by atomic mass is 32.2. The molecule has 2 aromatic heterocycles. The average Bonchev–Trinajstić information content (AvgIpc) is 3.07. The summed E-state index contributed by atoms with van der Waals surface area (Å²) in [6.45, 7) is 1.72. The van der Waals surface area contributed by atoms with Gasteiger partial charge in [-0.25, -0.2) is 12.9 Å². The lowest BCUT2D eigenvalue weighted by Crippen LogP contribution is -2.29. The quantitative estimate of drug-likeness (QED) is 0.413. The van der Waals surface area contributed by atoms with Crippen molar-refractivity contribution in [3.63, 3.8) is 0 Å². The number of fused-ring (bicyclic) bond motifs is 1. The van der Waals surface area contributed by atoms with Crippen molar-refractivity contribution in [3.05, 3.63) is 47.7 Å². The minimum Gasteiger partial charge on any atom is -0.352 e. The van der Waals surface area contributed by atoms with Gasteiger partial charge < -0.3 is 4.18 Å². The maximum Gasteiger partial charge on any atom is 0.534 e. The van der Waals surface area contributed by atoms with Gasteiger partial charge in [0.25, 0.3) is 5.88 Å². The fourth-order valence-corrected chi connectivity index (χ4v) is 4.44. The van der Waals surface area contributed by atoms with Crippen molar-refractivity contribution in [2.24, 2.45) is 0 Å². The molecule has 3 rings (SSSR count). The maximum absolute atomic E-state index is 12.9. The molecule has 2 heterocycles. The topological polar surface area (TPSA) is 119 Å². The molecule has 164 valence electrons. The van der Waals surface area contributed by atoms with E-state index in [1.165, 1.54) is 30.3 Å². The predicted octanol–water partition coefficient (Wildman–Crippen LogP) is 3.07. The van der Waals surface area contributed by atoms with Gasteiger partial charge in [0, 0.05) is 17.5 Å². The Hall–Kier alpha value is -3.11. The van der Waals surface area contributed by atoms with Crippen LogP contribution in [0, 0.1) is 11.3 Å². The number of sulfone groups is 1. The van der Waals surface area contributed by atoms with E-state index >= 15 is 0 Å². The Morgan fingerprint density at radius 1 is 1.16 bits per heavy atom. The highest BCUT2D eigenvalue weighted by Gasteiger charge is 2.49. The van der Waals surface area contributed by atoms with Gasteiger partial charge in [-0.2, -0.15) is 26.9 Å². The molecule has 0 aliphatic heterocycles. The van der Waals surface area contributed by atoms with Gasteiger partial charge in [-0.05, 0) is 36.2 Å². The number of nitrogens with zero attached hydrogens (tertiary/aromatic N) is 3. The van der Waals surface area contributed by atoms with Crippen LogP contribution in [0.3, 0.4) is 0 Å². The molecule has 8 nitrogen and oxygen atoms in total. The summed E-state index contributed by atoms with van der Waals surface area (Å²) >= 11 is 0. The summed E-state index contributed by atoms with van der Waals surface area (Å²) in [7, 11) is -10.6. The van der Waals surface area contributed by atoms with E-state index in [2.05, 4.69) is 9.28 Å². The number of hydrogen-bond acceptors (Lipinski definition) is 7. The predicted molar refractivity (Wildman–Crippen MR) is 103 cm³/mol. The minimum absolute atomic E-state index is 0.137. The second-order valence-corrected chi connectivity index (χ2v) is 9.92. The number of nitriles is 1. The SMILES string of the molecule is CCc1ccc2c(-c3cccc(C#N)c3)c(S(C)(=O)=O)c(OS(=O)(=O)C(F)(F)F)nn12. The third kappa shape index (κ3) is 4.08. The van der Waals surface area contributed by atoms with Gasteiger partial charge in [-0.15, -0.1) is 5.10 Å². The summed E-state index contributed by atoms with van der Waals surface area (Å²) in [5, 5.41) is 12.9. The number of alkyl halides is 3. The summed E-state index contributed by atoms with van der Waals surface area (Å²) in [6.07, 6.45) is 1.04. The van der Waals surface area contributed by atoms with Crippen molar-refractivity contribution in [2.45, 2.75) is 23.7 Å². The van der Waals surface area contributed by atoms with Crippen molar-refractivity contribution in [1.29, 1.82) is 5.26 Å². The molecule has 3 aromatic rings. The zero-order chi connectivity index (χ0) is 23.2. The Morgan fingerprint density at radius 2 is 1.84 bits per heavy atom. The van der Waals surface area contributed by atoms with E-state index in [4.69, 9.17) is 0 Å². The second-order valence-electron chi connectivity index (χ2n) is 6.43. The first-order valence-corrected chi connectivity index (χ1v) is 11.9. The number of aryl methyl sites for hydroxylation is 1. The van der Waals surface area contributed by atoms with Crippen LogP contribution in [-0.2, 0) is 26.4 Å². The standard InChI is InChI=1S/C18H14F3N3O5S2/c1-3-13-7-8-14-15(12-6-4-5-11(9-12)10-22)16(30(2,25)26)17(23-24(13)14)29-31(27,28)18(19,20)21/h4-9H,3H2,1-2H3. The lowest BCUT2D eigenvalue weighted by molar-refractivity contribution is -0.0502. The molecule has 0 aliphatic carbocycles. The van der Waals surface area contributed by atoms with Crippen LogP contribution in [0.1, 0.15) is 18.2 Å². The number of rotatable bonds is 5. The van der Waals surface area contributed by atoms with Crippen LogP contribution in [0.4, 0.5) is 13.2 Å². The van der Waals surface area contributed by atoms with Crippen LogP contribution >= 0.6 is 0 Å². The molecule has 1 aromatic carbocycles. The highest BCUT2D eigenvalue weighted by molar-refractivity contribution is 7.91. The van der Waals surface area contributed by atoms with Gasteiger partial charge in [0.2, 0.25) is 0 Å². The van der Waals surface area contributed by atoms with Crippen LogP contribution in [0.5, 0.6) is 5.88 Å². The van der Waals surface area contributed by atoms with Crippen molar-refractivity contribution >= 4 is 25.5 Å². The van der Waals surface area contributed by atoms with Gasteiger partial charge >= 0.3 is 15.6 Å². The molecule has 0 saturated heterocycles. The fraction of sp³-hybridized carbons (Fsp3) is 0.222. The lowest BCUT2D eigenvalue weighted by Gasteiger charge is -2.17. The molecular formula is C18H14F3N3O5S2. The van der Waals surface area contributed by atoms with E-state index in [0.29, 0.717) is 18.4 Å². The third-order valence-electron chi connectivity index (χ3n) is 4.29.